The van der Waals surface area contributed by atoms with Crippen LogP contribution < -0.4 is 0 Å². The van der Waals surface area contributed by atoms with E-state index in [1.807, 2.05) is 0 Å². The Kier molecular flexibility index (Phi) is 2.58. The summed E-state index contributed by atoms with van der Waals surface area (Å²) in [6.45, 7) is 0. The summed E-state index contributed by atoms with van der Waals surface area (Å²) in [5.41, 5.74) is 0.0500. The molecule has 0 heterocycles. The van der Waals surface area contributed by atoms with Gasteiger partial charge in [-0.2, -0.15) is 13.2 Å². The standard InChI is InChI=1S/C12H9F3O/c13-12(14,15)9-4-1-3-8(7-9)10-5-2-6-11(10)16/h1,3-5,7H,2,6H2. The Balaban J connectivity index is 2.40. The van der Waals surface area contributed by atoms with Gasteiger partial charge >= 0.3 is 6.18 Å². The Morgan fingerprint density at radius 3 is 2.50 bits per heavy atom. The van der Waals surface area contributed by atoms with Gasteiger partial charge in [0.2, 0.25) is 0 Å². The van der Waals surface area contributed by atoms with Gasteiger partial charge in [0.05, 0.1) is 5.56 Å². The van der Waals surface area contributed by atoms with Crippen LogP contribution in [0.15, 0.2) is 30.3 Å². The first kappa shape index (κ1) is 10.9. The molecule has 84 valence electrons. The normalized spacial score (nSPS) is 16.4. The van der Waals surface area contributed by atoms with Crippen molar-refractivity contribution in [2.75, 3.05) is 0 Å². The van der Waals surface area contributed by atoms with Gasteiger partial charge in [-0.25, -0.2) is 0 Å². The Hall–Kier alpha value is -1.58. The van der Waals surface area contributed by atoms with Gasteiger partial charge in [0.25, 0.3) is 0 Å². The van der Waals surface area contributed by atoms with Crippen molar-refractivity contribution in [3.05, 3.63) is 41.5 Å². The smallest absolute Gasteiger partial charge is 0.294 e. The molecule has 0 unspecified atom stereocenters. The highest BCUT2D eigenvalue weighted by Gasteiger charge is 2.31. The number of hydrogen-bond donors (Lipinski definition) is 0. The molecule has 1 aromatic rings. The van der Waals surface area contributed by atoms with Crippen molar-refractivity contribution in [2.45, 2.75) is 19.0 Å². The lowest BCUT2D eigenvalue weighted by Gasteiger charge is -2.08. The number of hydrogen-bond acceptors (Lipinski definition) is 1. The fourth-order valence-corrected chi connectivity index (χ4v) is 1.74. The van der Waals surface area contributed by atoms with Crippen LogP contribution in [0.3, 0.4) is 0 Å². The lowest BCUT2D eigenvalue weighted by atomic mass is 10.0. The average Bonchev–Trinajstić information content (AvgIpc) is 2.63. The lowest BCUT2D eigenvalue weighted by Crippen LogP contribution is -2.05. The SMILES string of the molecule is O=C1CCC=C1c1cccc(C(F)(F)F)c1. The van der Waals surface area contributed by atoms with Crippen molar-refractivity contribution < 1.29 is 18.0 Å². The molecule has 0 bridgehead atoms. The zero-order chi connectivity index (χ0) is 11.8. The van der Waals surface area contributed by atoms with E-state index >= 15 is 0 Å². The highest BCUT2D eigenvalue weighted by Crippen LogP contribution is 2.32. The number of rotatable bonds is 1. The van der Waals surface area contributed by atoms with Gasteiger partial charge in [-0.1, -0.05) is 18.2 Å². The zero-order valence-electron chi connectivity index (χ0n) is 8.34. The second-order valence-corrected chi connectivity index (χ2v) is 3.66. The predicted octanol–water partition coefficient (Wildman–Crippen LogP) is 3.45. The minimum atomic E-state index is -4.36. The van der Waals surface area contributed by atoms with Gasteiger partial charge < -0.3 is 0 Å². The van der Waals surface area contributed by atoms with E-state index < -0.39 is 11.7 Å². The summed E-state index contributed by atoms with van der Waals surface area (Å²) in [6.07, 6.45) is -1.66. The number of halogens is 3. The third-order valence-corrected chi connectivity index (χ3v) is 2.52. The van der Waals surface area contributed by atoms with E-state index in [4.69, 9.17) is 0 Å². The maximum absolute atomic E-state index is 12.4. The summed E-state index contributed by atoms with van der Waals surface area (Å²) >= 11 is 0. The van der Waals surface area contributed by atoms with Crippen molar-refractivity contribution in [1.82, 2.24) is 0 Å². The Bertz CT molecular complexity index is 458. The number of ketones is 1. The number of carbonyl (C=O) groups excluding carboxylic acids is 1. The predicted molar refractivity (Wildman–Crippen MR) is 53.7 cm³/mol. The van der Waals surface area contributed by atoms with Crippen LogP contribution in [0.5, 0.6) is 0 Å². The van der Waals surface area contributed by atoms with E-state index in [0.717, 1.165) is 12.1 Å². The second kappa shape index (κ2) is 3.77. The van der Waals surface area contributed by atoms with Crippen LogP contribution >= 0.6 is 0 Å². The molecule has 0 fully saturated rings. The number of carbonyl (C=O) groups is 1. The summed E-state index contributed by atoms with van der Waals surface area (Å²) < 4.78 is 37.3. The number of alkyl halides is 3. The summed E-state index contributed by atoms with van der Waals surface area (Å²) in [5.74, 6) is -0.0840. The van der Waals surface area contributed by atoms with Gasteiger partial charge in [0.15, 0.2) is 5.78 Å². The molecule has 1 nitrogen and oxygen atoms in total. The van der Waals surface area contributed by atoms with Crippen LogP contribution in [0.2, 0.25) is 0 Å². The van der Waals surface area contributed by atoms with Crippen LogP contribution in [-0.2, 0) is 11.0 Å². The molecule has 2 rings (SSSR count). The number of Topliss-reactive ketones (excluding diaryl/α,β-unsaturated/α-hetero) is 1. The van der Waals surface area contributed by atoms with E-state index in [0.29, 0.717) is 24.0 Å². The summed E-state index contributed by atoms with van der Waals surface area (Å²) in [5, 5.41) is 0. The van der Waals surface area contributed by atoms with Gasteiger partial charge in [-0.05, 0) is 24.1 Å². The van der Waals surface area contributed by atoms with Crippen molar-refractivity contribution in [3.8, 4) is 0 Å². The highest BCUT2D eigenvalue weighted by atomic mass is 19.4. The quantitative estimate of drug-likeness (QED) is 0.716. The lowest BCUT2D eigenvalue weighted by molar-refractivity contribution is -0.137. The molecule has 0 aromatic heterocycles. The molecule has 0 saturated heterocycles. The first-order chi connectivity index (χ1) is 7.48. The molecule has 0 amide bonds. The molecule has 1 aliphatic carbocycles. The summed E-state index contributed by atoms with van der Waals surface area (Å²) in [4.78, 5) is 11.4. The van der Waals surface area contributed by atoms with E-state index in [2.05, 4.69) is 0 Å². The average molecular weight is 226 g/mol. The molecule has 16 heavy (non-hydrogen) atoms. The van der Waals surface area contributed by atoms with E-state index in [1.54, 1.807) is 6.08 Å². The van der Waals surface area contributed by atoms with Crippen molar-refractivity contribution >= 4 is 11.4 Å². The van der Waals surface area contributed by atoms with E-state index in [1.165, 1.54) is 12.1 Å². The van der Waals surface area contributed by atoms with Crippen molar-refractivity contribution in [3.63, 3.8) is 0 Å². The van der Waals surface area contributed by atoms with Gasteiger partial charge in [0, 0.05) is 12.0 Å². The van der Waals surface area contributed by atoms with E-state index in [9.17, 15) is 18.0 Å². The third kappa shape index (κ3) is 2.01. The third-order valence-electron chi connectivity index (χ3n) is 2.52. The fraction of sp³-hybridized carbons (Fsp3) is 0.250. The minimum absolute atomic E-state index is 0.0840. The van der Waals surface area contributed by atoms with Crippen LogP contribution in [0.1, 0.15) is 24.0 Å². The first-order valence-electron chi connectivity index (χ1n) is 4.89. The molecule has 0 N–H and O–H groups in total. The molecule has 1 aromatic carbocycles. The largest absolute Gasteiger partial charge is 0.416 e. The molecule has 0 spiro atoms. The van der Waals surface area contributed by atoms with Gasteiger partial charge in [-0.15, -0.1) is 0 Å². The van der Waals surface area contributed by atoms with Crippen LogP contribution in [-0.4, -0.2) is 5.78 Å². The monoisotopic (exact) mass is 226 g/mol. The number of allylic oxidation sites excluding steroid dienone is 2. The van der Waals surface area contributed by atoms with Crippen LogP contribution in [0, 0.1) is 0 Å². The second-order valence-electron chi connectivity index (χ2n) is 3.66. The van der Waals surface area contributed by atoms with Crippen LogP contribution in [0.25, 0.3) is 5.57 Å². The minimum Gasteiger partial charge on any atom is -0.294 e. The molecule has 1 aliphatic rings. The molecule has 4 heteroatoms. The molecule has 0 aliphatic heterocycles. The molecule has 0 saturated carbocycles. The fourth-order valence-electron chi connectivity index (χ4n) is 1.74. The molecular weight excluding hydrogens is 217 g/mol. The Labute approximate surface area is 90.6 Å². The first-order valence-corrected chi connectivity index (χ1v) is 4.89. The maximum atomic E-state index is 12.4. The van der Waals surface area contributed by atoms with Gasteiger partial charge in [0.1, 0.15) is 0 Å². The topological polar surface area (TPSA) is 17.1 Å². The van der Waals surface area contributed by atoms with Gasteiger partial charge in [-0.3, -0.25) is 4.79 Å². The molecule has 0 radical (unpaired) electrons. The maximum Gasteiger partial charge on any atom is 0.416 e. The summed E-state index contributed by atoms with van der Waals surface area (Å²) in [6, 6.07) is 4.88. The number of benzene rings is 1. The van der Waals surface area contributed by atoms with E-state index in [-0.39, 0.29) is 5.78 Å². The summed E-state index contributed by atoms with van der Waals surface area (Å²) in [7, 11) is 0. The Morgan fingerprint density at radius 1 is 1.19 bits per heavy atom. The highest BCUT2D eigenvalue weighted by molar-refractivity contribution is 6.22. The molecular formula is C12H9F3O. The zero-order valence-corrected chi connectivity index (χ0v) is 8.34. The van der Waals surface area contributed by atoms with Crippen molar-refractivity contribution in [1.29, 1.82) is 0 Å². The Morgan fingerprint density at radius 2 is 1.94 bits per heavy atom. The van der Waals surface area contributed by atoms with Crippen molar-refractivity contribution in [2.24, 2.45) is 0 Å². The molecule has 0 atom stereocenters. The van der Waals surface area contributed by atoms with Crippen LogP contribution in [0.4, 0.5) is 13.2 Å².